The van der Waals surface area contributed by atoms with E-state index in [1.807, 2.05) is 47.7 Å². The second-order valence-corrected chi connectivity index (χ2v) is 16.1. The lowest BCUT2D eigenvalue weighted by atomic mass is 9.90. The highest BCUT2D eigenvalue weighted by atomic mass is 32.2. The smallest absolute Gasteiger partial charge is 0.317 e. The summed E-state index contributed by atoms with van der Waals surface area (Å²) in [6.45, 7) is 7.83. The van der Waals surface area contributed by atoms with E-state index in [9.17, 15) is 18.3 Å². The normalized spacial score (nSPS) is 11.5. The number of aryl methyl sites for hydroxylation is 2. The van der Waals surface area contributed by atoms with Crippen molar-refractivity contribution < 1.29 is 27.6 Å². The lowest BCUT2D eigenvalue weighted by Crippen LogP contribution is -2.29. The van der Waals surface area contributed by atoms with Crippen LogP contribution in [0.2, 0.25) is 0 Å². The number of aromatic nitrogens is 2. The number of benzene rings is 4. The molecule has 0 atom stereocenters. The molecule has 0 saturated carbocycles. The van der Waals surface area contributed by atoms with Crippen molar-refractivity contribution in [2.45, 2.75) is 77.0 Å². The Balaban J connectivity index is 0.000000438. The molecule has 6 aromatic rings. The van der Waals surface area contributed by atoms with Crippen LogP contribution in [0, 0.1) is 6.92 Å². The van der Waals surface area contributed by atoms with Crippen molar-refractivity contribution in [1.82, 2.24) is 14.5 Å². The van der Waals surface area contributed by atoms with Gasteiger partial charge in [0.2, 0.25) is 0 Å². The first-order chi connectivity index (χ1) is 25.9. The number of nitrogens with zero attached hydrogens (tertiary/aromatic N) is 3. The van der Waals surface area contributed by atoms with Gasteiger partial charge in [0.1, 0.15) is 18.2 Å². The van der Waals surface area contributed by atoms with Gasteiger partial charge in [0, 0.05) is 23.3 Å². The predicted octanol–water partition coefficient (Wildman–Crippen LogP) is 9.89. The number of fused-ring (bicyclic) bond motifs is 1. The van der Waals surface area contributed by atoms with Crippen LogP contribution in [-0.2, 0) is 41.7 Å². The molecule has 2 heterocycles. The van der Waals surface area contributed by atoms with Crippen LogP contribution in [-0.4, -0.2) is 45.0 Å². The molecule has 6 rings (SSSR count). The minimum Gasteiger partial charge on any atom is -0.489 e. The quantitative estimate of drug-likeness (QED) is 0.0934. The van der Waals surface area contributed by atoms with E-state index in [1.165, 1.54) is 43.4 Å². The number of rotatable bonds is 16. The molecule has 284 valence electrons. The third kappa shape index (κ3) is 11.3. The van der Waals surface area contributed by atoms with E-state index in [0.717, 1.165) is 49.1 Å². The number of aliphatic carboxylic acids is 1. The third-order valence-electron chi connectivity index (χ3n) is 9.23. The van der Waals surface area contributed by atoms with E-state index in [2.05, 4.69) is 74.5 Å². The number of hydrogen-bond donors (Lipinski definition) is 2. The Hall–Kier alpha value is -4.81. The van der Waals surface area contributed by atoms with Gasteiger partial charge < -0.3 is 14.4 Å². The molecular weight excluding hydrogens is 719 g/mol. The summed E-state index contributed by atoms with van der Waals surface area (Å²) in [6.07, 6.45) is 4.88. The van der Waals surface area contributed by atoms with Crippen molar-refractivity contribution in [3.05, 3.63) is 137 Å². The zero-order chi connectivity index (χ0) is 38.7. The summed E-state index contributed by atoms with van der Waals surface area (Å²) in [5.74, 6) is 1.54. The molecule has 2 N–H and O–H groups in total. The van der Waals surface area contributed by atoms with E-state index in [-0.39, 0.29) is 11.4 Å². The van der Waals surface area contributed by atoms with Crippen LogP contribution in [0.5, 0.6) is 5.75 Å². The molecule has 4 aromatic carbocycles. The van der Waals surface area contributed by atoms with Gasteiger partial charge in [-0.25, -0.2) is 4.98 Å². The van der Waals surface area contributed by atoms with Gasteiger partial charge in [0.05, 0.1) is 29.0 Å². The Morgan fingerprint density at radius 3 is 2.15 bits per heavy atom. The Bertz CT molecular complexity index is 2200. The van der Waals surface area contributed by atoms with Gasteiger partial charge in [-0.1, -0.05) is 92.9 Å². The van der Waals surface area contributed by atoms with Gasteiger partial charge in [0.25, 0.3) is 10.1 Å². The highest BCUT2D eigenvalue weighted by Gasteiger charge is 2.17. The number of carbonyl (C=O) groups is 1. The fourth-order valence-electron chi connectivity index (χ4n) is 6.39. The molecular formula is C43H49N3O6S2. The summed E-state index contributed by atoms with van der Waals surface area (Å²) in [4.78, 5) is 20.5. The van der Waals surface area contributed by atoms with Gasteiger partial charge in [-0.15, -0.1) is 11.3 Å². The number of ether oxygens (including phenoxy) is 1. The van der Waals surface area contributed by atoms with Gasteiger partial charge in [-0.2, -0.15) is 8.42 Å². The molecule has 0 bridgehead atoms. The fraction of sp³-hybridized carbons (Fsp3) is 0.302. The van der Waals surface area contributed by atoms with Crippen LogP contribution >= 0.6 is 11.3 Å². The Labute approximate surface area is 322 Å². The summed E-state index contributed by atoms with van der Waals surface area (Å²) in [5, 5.41) is 9.57. The molecule has 0 unspecified atom stereocenters. The van der Waals surface area contributed by atoms with Crippen molar-refractivity contribution in [3.63, 3.8) is 0 Å². The summed E-state index contributed by atoms with van der Waals surface area (Å²) in [5.41, 5.74) is 6.59. The first-order valence-electron chi connectivity index (χ1n) is 18.2. The van der Waals surface area contributed by atoms with Crippen LogP contribution in [0.3, 0.4) is 0 Å². The number of carboxylic acid groups (broad SMARTS) is 1. The highest BCUT2D eigenvalue weighted by Crippen LogP contribution is 2.31. The third-order valence-corrected chi connectivity index (χ3v) is 11.2. The van der Waals surface area contributed by atoms with Gasteiger partial charge in [-0.3, -0.25) is 14.2 Å². The van der Waals surface area contributed by atoms with E-state index in [0.29, 0.717) is 25.6 Å². The molecule has 11 heteroatoms. The average Bonchev–Trinajstić information content (AvgIpc) is 3.74. The predicted molar refractivity (Wildman–Crippen MR) is 217 cm³/mol. The summed E-state index contributed by atoms with van der Waals surface area (Å²) >= 11 is 1.69. The molecule has 9 nitrogen and oxygen atoms in total. The molecule has 0 aliphatic rings. The van der Waals surface area contributed by atoms with Crippen LogP contribution < -0.4 is 4.74 Å². The van der Waals surface area contributed by atoms with Crippen LogP contribution in [0.25, 0.3) is 21.5 Å². The van der Waals surface area contributed by atoms with Gasteiger partial charge in [0.15, 0.2) is 0 Å². The van der Waals surface area contributed by atoms with Crippen LogP contribution in [0.1, 0.15) is 72.8 Å². The maximum Gasteiger partial charge on any atom is 0.317 e. The maximum atomic E-state index is 11.7. The molecule has 0 aliphatic carbocycles. The molecule has 54 heavy (non-hydrogen) atoms. The second kappa shape index (κ2) is 19.0. The minimum absolute atomic E-state index is 0.0497. The average molecular weight is 768 g/mol. The maximum absolute atomic E-state index is 11.7. The molecule has 2 aromatic heterocycles. The largest absolute Gasteiger partial charge is 0.489 e. The number of thiophene rings is 1. The molecule has 0 amide bonds. The first kappa shape index (κ1) is 40.4. The summed E-state index contributed by atoms with van der Waals surface area (Å²) < 4.78 is 37.7. The van der Waals surface area contributed by atoms with Crippen molar-refractivity contribution in [2.24, 2.45) is 7.05 Å². The minimum atomic E-state index is -4.02. The number of imidazole rings is 1. The Morgan fingerprint density at radius 1 is 0.870 bits per heavy atom. The zero-order valence-corrected chi connectivity index (χ0v) is 32.9. The SMILES string of the molecule is CCCC(CCC)c1ccc(OCc2ccc(-c3ccc(CN(CC(=O)O)Cc4nc5ccccc5n4C)s3)cc2)cc1.Cc1ccc(S(=O)(=O)O)cc1. The van der Waals surface area contributed by atoms with Crippen molar-refractivity contribution >= 4 is 38.5 Å². The number of para-hydroxylation sites is 2. The van der Waals surface area contributed by atoms with Crippen molar-refractivity contribution in [1.29, 1.82) is 0 Å². The fourth-order valence-corrected chi connectivity index (χ4v) is 7.92. The Kier molecular flexibility index (Phi) is 14.2. The lowest BCUT2D eigenvalue weighted by Gasteiger charge is -2.19. The van der Waals surface area contributed by atoms with E-state index in [1.54, 1.807) is 23.5 Å². The second-order valence-electron chi connectivity index (χ2n) is 13.5. The first-order valence-corrected chi connectivity index (χ1v) is 20.5. The topological polar surface area (TPSA) is 122 Å². The standard InChI is InChI=1S/C36H41N3O3S.C7H8O3S/c1-4-8-27(9-5-2)28-16-18-30(19-17-28)42-25-26-12-14-29(15-13-26)34-21-20-31(43-34)22-39(24-36(40)41)23-35-37-32-10-6-7-11-33(32)38(35)3;1-6-2-4-7(5-3-6)11(8,9)10/h6-7,10-21,27H,4-5,8-9,22-25H2,1-3H3,(H,40,41);2-5H,1H3,(H,8,9,10). The molecule has 0 saturated heterocycles. The lowest BCUT2D eigenvalue weighted by molar-refractivity contribution is -0.138. The van der Waals surface area contributed by atoms with E-state index < -0.39 is 16.1 Å². The molecule has 0 radical (unpaired) electrons. The molecule has 0 aliphatic heterocycles. The van der Waals surface area contributed by atoms with Gasteiger partial charge in [-0.05, 0) is 90.9 Å². The Morgan fingerprint density at radius 2 is 1.54 bits per heavy atom. The number of carboxylic acids is 1. The van der Waals surface area contributed by atoms with E-state index >= 15 is 0 Å². The van der Waals surface area contributed by atoms with E-state index in [4.69, 9.17) is 14.3 Å². The van der Waals surface area contributed by atoms with Crippen molar-refractivity contribution in [3.8, 4) is 16.2 Å². The highest BCUT2D eigenvalue weighted by molar-refractivity contribution is 7.85. The zero-order valence-electron chi connectivity index (χ0n) is 31.3. The number of hydrogen-bond acceptors (Lipinski definition) is 7. The summed E-state index contributed by atoms with van der Waals surface area (Å²) in [7, 11) is -2.04. The monoisotopic (exact) mass is 767 g/mol. The van der Waals surface area contributed by atoms with Crippen LogP contribution in [0.15, 0.2) is 114 Å². The van der Waals surface area contributed by atoms with Crippen molar-refractivity contribution in [2.75, 3.05) is 6.54 Å². The molecule has 0 spiro atoms. The molecule has 0 fully saturated rings. The summed E-state index contributed by atoms with van der Waals surface area (Å²) in [6, 6.07) is 35.3. The van der Waals surface area contributed by atoms with Gasteiger partial charge >= 0.3 is 5.97 Å². The van der Waals surface area contributed by atoms with Crippen LogP contribution in [0.4, 0.5) is 0 Å².